The van der Waals surface area contributed by atoms with E-state index < -0.39 is 0 Å². The van der Waals surface area contributed by atoms with Gasteiger partial charge in [0, 0.05) is 0 Å². The van der Waals surface area contributed by atoms with E-state index in [-0.39, 0.29) is 12.4 Å². The Morgan fingerprint density at radius 2 is 2.29 bits per heavy atom. The third-order valence-electron chi connectivity index (χ3n) is 1.79. The highest BCUT2D eigenvalue weighted by Gasteiger charge is 2.11. The molecule has 1 rings (SSSR count). The summed E-state index contributed by atoms with van der Waals surface area (Å²) in [6.07, 6.45) is 0.0513. The van der Waals surface area contributed by atoms with Crippen molar-refractivity contribution in [3.05, 3.63) is 11.7 Å². The molecule has 0 unspecified atom stereocenters. The molecule has 0 atom stereocenters. The average Bonchev–Trinajstić information content (AvgIpc) is 2.65. The number of carbonyl (C=O) groups excluding carboxylic acids is 1. The molecular formula is C11H18N2O3S. The van der Waals surface area contributed by atoms with E-state index in [1.165, 1.54) is 0 Å². The molecule has 0 amide bonds. The van der Waals surface area contributed by atoms with Crippen LogP contribution in [0.1, 0.15) is 32.5 Å². The lowest BCUT2D eigenvalue weighted by Crippen LogP contribution is -2.07. The van der Waals surface area contributed by atoms with E-state index >= 15 is 0 Å². The molecule has 0 aliphatic carbocycles. The second-order valence-corrected chi connectivity index (χ2v) is 5.03. The predicted octanol–water partition coefficient (Wildman–Crippen LogP) is 2.06. The topological polar surface area (TPSA) is 65.2 Å². The normalized spacial score (nSPS) is 10.8. The van der Waals surface area contributed by atoms with Gasteiger partial charge < -0.3 is 9.26 Å². The van der Waals surface area contributed by atoms with Crippen molar-refractivity contribution in [1.29, 1.82) is 0 Å². The van der Waals surface area contributed by atoms with Gasteiger partial charge in [0.15, 0.2) is 5.82 Å². The smallest absolute Gasteiger partial charge is 0.315 e. The zero-order valence-electron chi connectivity index (χ0n) is 10.4. The Hall–Kier alpha value is -1.04. The minimum absolute atomic E-state index is 0.0513. The van der Waals surface area contributed by atoms with Crippen LogP contribution in [0.5, 0.6) is 0 Å². The quantitative estimate of drug-likeness (QED) is 0.697. The van der Waals surface area contributed by atoms with Crippen LogP contribution >= 0.6 is 11.8 Å². The molecule has 5 nitrogen and oxygen atoms in total. The van der Waals surface area contributed by atoms with Gasteiger partial charge in [-0.25, -0.2) is 0 Å². The molecule has 1 aromatic rings. The molecule has 0 fully saturated rings. The highest BCUT2D eigenvalue weighted by Crippen LogP contribution is 2.13. The molecule has 17 heavy (non-hydrogen) atoms. The SMILES string of the molecule is CCOC(=O)Cc1nc(CSCC(C)C)no1. The summed E-state index contributed by atoms with van der Waals surface area (Å²) in [4.78, 5) is 15.3. The molecule has 96 valence electrons. The van der Waals surface area contributed by atoms with Crippen molar-refractivity contribution in [2.45, 2.75) is 32.9 Å². The molecule has 0 N–H and O–H groups in total. The first-order valence-corrected chi connectivity index (χ1v) is 6.82. The molecule has 1 heterocycles. The molecule has 0 aliphatic rings. The van der Waals surface area contributed by atoms with Gasteiger partial charge in [-0.05, 0) is 18.6 Å². The Kier molecular flexibility index (Phi) is 6.04. The number of hydrogen-bond acceptors (Lipinski definition) is 6. The van der Waals surface area contributed by atoms with E-state index in [0.29, 0.717) is 30.0 Å². The maximum atomic E-state index is 11.2. The number of carbonyl (C=O) groups is 1. The van der Waals surface area contributed by atoms with Crippen molar-refractivity contribution in [3.63, 3.8) is 0 Å². The van der Waals surface area contributed by atoms with Crippen molar-refractivity contribution >= 4 is 17.7 Å². The van der Waals surface area contributed by atoms with E-state index in [9.17, 15) is 4.79 Å². The van der Waals surface area contributed by atoms with Gasteiger partial charge in [0.1, 0.15) is 6.42 Å². The Morgan fingerprint density at radius 3 is 2.94 bits per heavy atom. The summed E-state index contributed by atoms with van der Waals surface area (Å²) >= 11 is 1.76. The first kappa shape index (κ1) is 14.0. The van der Waals surface area contributed by atoms with Gasteiger partial charge in [0.25, 0.3) is 0 Å². The first-order valence-electron chi connectivity index (χ1n) is 5.66. The van der Waals surface area contributed by atoms with Crippen LogP contribution in [-0.2, 0) is 21.7 Å². The Balaban J connectivity index is 2.34. The summed E-state index contributed by atoms with van der Waals surface area (Å²) < 4.78 is 9.76. The van der Waals surface area contributed by atoms with Crippen LogP contribution in [0.3, 0.4) is 0 Å². The third-order valence-corrected chi connectivity index (χ3v) is 3.16. The number of esters is 1. The Bertz CT molecular complexity index is 352. The average molecular weight is 258 g/mol. The zero-order chi connectivity index (χ0) is 12.7. The lowest BCUT2D eigenvalue weighted by molar-refractivity contribution is -0.142. The van der Waals surface area contributed by atoms with Crippen molar-refractivity contribution in [1.82, 2.24) is 10.1 Å². The molecule has 0 bridgehead atoms. The Labute approximate surface area is 105 Å². The molecule has 1 aromatic heterocycles. The minimum Gasteiger partial charge on any atom is -0.466 e. The number of hydrogen-bond donors (Lipinski definition) is 0. The van der Waals surface area contributed by atoms with Gasteiger partial charge in [-0.2, -0.15) is 16.7 Å². The lowest BCUT2D eigenvalue weighted by Gasteiger charge is -2.00. The largest absolute Gasteiger partial charge is 0.466 e. The molecule has 0 radical (unpaired) electrons. The summed E-state index contributed by atoms with van der Waals surface area (Å²) in [6.45, 7) is 6.45. The van der Waals surface area contributed by atoms with Gasteiger partial charge in [0.2, 0.25) is 5.89 Å². The monoisotopic (exact) mass is 258 g/mol. The van der Waals surface area contributed by atoms with Crippen LogP contribution in [0.25, 0.3) is 0 Å². The highest BCUT2D eigenvalue weighted by molar-refractivity contribution is 7.98. The van der Waals surface area contributed by atoms with Crippen molar-refractivity contribution in [2.24, 2.45) is 5.92 Å². The van der Waals surface area contributed by atoms with Crippen LogP contribution in [-0.4, -0.2) is 28.5 Å². The number of nitrogens with zero attached hydrogens (tertiary/aromatic N) is 2. The molecule has 0 saturated heterocycles. The van der Waals surface area contributed by atoms with Gasteiger partial charge in [-0.1, -0.05) is 19.0 Å². The van der Waals surface area contributed by atoms with E-state index in [2.05, 4.69) is 24.0 Å². The van der Waals surface area contributed by atoms with Gasteiger partial charge in [-0.15, -0.1) is 0 Å². The van der Waals surface area contributed by atoms with Crippen LogP contribution in [0.15, 0.2) is 4.52 Å². The minimum atomic E-state index is -0.336. The summed E-state index contributed by atoms with van der Waals surface area (Å²) in [5.74, 6) is 3.04. The predicted molar refractivity (Wildman–Crippen MR) is 65.6 cm³/mol. The maximum absolute atomic E-state index is 11.2. The Morgan fingerprint density at radius 1 is 1.53 bits per heavy atom. The number of rotatable bonds is 7. The summed E-state index contributed by atoms with van der Waals surface area (Å²) in [5.41, 5.74) is 0. The highest BCUT2D eigenvalue weighted by atomic mass is 32.2. The third kappa shape index (κ3) is 5.72. The fourth-order valence-electron chi connectivity index (χ4n) is 1.14. The van der Waals surface area contributed by atoms with Gasteiger partial charge in [0.05, 0.1) is 12.4 Å². The van der Waals surface area contributed by atoms with E-state index in [1.807, 2.05) is 0 Å². The fraction of sp³-hybridized carbons (Fsp3) is 0.727. The standard InChI is InChI=1S/C11H18N2O3S/c1-4-15-11(14)5-10-12-9(13-16-10)7-17-6-8(2)3/h8H,4-7H2,1-3H3. The molecule has 0 saturated carbocycles. The van der Waals surface area contributed by atoms with Crippen molar-refractivity contribution in [2.75, 3.05) is 12.4 Å². The fourth-order valence-corrected chi connectivity index (χ4v) is 2.03. The second-order valence-electron chi connectivity index (χ2n) is 4.00. The summed E-state index contributed by atoms with van der Waals surface area (Å²) in [5, 5.41) is 3.81. The lowest BCUT2D eigenvalue weighted by atomic mass is 10.3. The van der Waals surface area contributed by atoms with Crippen LogP contribution in [0, 0.1) is 5.92 Å². The van der Waals surface area contributed by atoms with Gasteiger partial charge >= 0.3 is 5.97 Å². The molecular weight excluding hydrogens is 240 g/mol. The number of ether oxygens (including phenoxy) is 1. The number of thioether (sulfide) groups is 1. The molecule has 6 heteroatoms. The van der Waals surface area contributed by atoms with Crippen molar-refractivity contribution in [3.8, 4) is 0 Å². The molecule has 0 spiro atoms. The molecule has 0 aromatic carbocycles. The maximum Gasteiger partial charge on any atom is 0.315 e. The number of aromatic nitrogens is 2. The van der Waals surface area contributed by atoms with Crippen molar-refractivity contribution < 1.29 is 14.1 Å². The summed E-state index contributed by atoms with van der Waals surface area (Å²) in [7, 11) is 0. The zero-order valence-corrected chi connectivity index (χ0v) is 11.2. The van der Waals surface area contributed by atoms with Crippen LogP contribution < -0.4 is 0 Å². The van der Waals surface area contributed by atoms with E-state index in [4.69, 9.17) is 9.26 Å². The van der Waals surface area contributed by atoms with Gasteiger partial charge in [-0.3, -0.25) is 4.79 Å². The summed E-state index contributed by atoms with van der Waals surface area (Å²) in [6, 6.07) is 0. The van der Waals surface area contributed by atoms with Crippen LogP contribution in [0.4, 0.5) is 0 Å². The first-order chi connectivity index (χ1) is 8.11. The second kappa shape index (κ2) is 7.32. The van der Waals surface area contributed by atoms with E-state index in [0.717, 1.165) is 5.75 Å². The molecule has 0 aliphatic heterocycles. The van der Waals surface area contributed by atoms with Crippen LogP contribution in [0.2, 0.25) is 0 Å². The van der Waals surface area contributed by atoms with E-state index in [1.54, 1.807) is 18.7 Å².